The van der Waals surface area contributed by atoms with Gasteiger partial charge in [0, 0.05) is 68.6 Å². The molecule has 13 nitrogen and oxygen atoms in total. The smallest absolute Gasteiger partial charge is 0.290 e. The zero-order valence-electron chi connectivity index (χ0n) is 19.1. The number of carbonyl (C=O) groups excluding carboxylic acids is 1. The maximum Gasteiger partial charge on any atom is 0.290 e. The lowest BCUT2D eigenvalue weighted by Crippen LogP contribution is -2.59. The molecule has 1 amide bonds. The Balaban J connectivity index is 0.000000618. The lowest BCUT2D eigenvalue weighted by Gasteiger charge is -2.46. The molecule has 34 heavy (non-hydrogen) atoms. The first-order chi connectivity index (χ1) is 16.3. The molecule has 6 atom stereocenters. The van der Waals surface area contributed by atoms with Gasteiger partial charge in [0.1, 0.15) is 0 Å². The van der Waals surface area contributed by atoms with Crippen LogP contribution in [0.3, 0.4) is 0 Å². The summed E-state index contributed by atoms with van der Waals surface area (Å²) in [6.07, 6.45) is 2.86. The number of nitrogens with two attached hydrogens (primary N) is 2. The fourth-order valence-corrected chi connectivity index (χ4v) is 5.14. The summed E-state index contributed by atoms with van der Waals surface area (Å²) >= 11 is 0. The largest absolute Gasteiger partial charge is 0.483 e. The molecule has 0 spiro atoms. The quantitative estimate of drug-likeness (QED) is 0.306. The average molecular weight is 483 g/mol. The highest BCUT2D eigenvalue weighted by molar-refractivity contribution is 5.80. The van der Waals surface area contributed by atoms with Crippen LogP contribution in [0, 0.1) is 23.7 Å². The molecule has 1 saturated carbocycles. The van der Waals surface area contributed by atoms with E-state index in [1.54, 1.807) is 12.4 Å². The van der Waals surface area contributed by atoms with Crippen LogP contribution < -0.4 is 11.5 Å². The monoisotopic (exact) mass is 482 g/mol. The first kappa shape index (κ1) is 27.4. The van der Waals surface area contributed by atoms with Gasteiger partial charge in [-0.05, 0) is 11.8 Å². The van der Waals surface area contributed by atoms with Crippen molar-refractivity contribution in [3.63, 3.8) is 0 Å². The van der Waals surface area contributed by atoms with Crippen LogP contribution in [0.1, 0.15) is 12.5 Å². The Morgan fingerprint density at radius 3 is 2.24 bits per heavy atom. The molecule has 1 aliphatic carbocycles. The van der Waals surface area contributed by atoms with Gasteiger partial charge in [-0.15, -0.1) is 0 Å². The van der Waals surface area contributed by atoms with Crippen LogP contribution >= 0.6 is 0 Å². The van der Waals surface area contributed by atoms with Gasteiger partial charge in [-0.2, -0.15) is 0 Å². The van der Waals surface area contributed by atoms with Crippen molar-refractivity contribution in [2.45, 2.75) is 25.6 Å². The minimum absolute atomic E-state index is 0.00380. The van der Waals surface area contributed by atoms with Crippen molar-refractivity contribution in [2.24, 2.45) is 29.4 Å². The van der Waals surface area contributed by atoms with Crippen LogP contribution in [-0.2, 0) is 25.7 Å². The van der Waals surface area contributed by atoms with Gasteiger partial charge in [0.05, 0.1) is 19.3 Å². The molecule has 7 N–H and O–H groups in total. The number of anilines is 1. The van der Waals surface area contributed by atoms with Crippen molar-refractivity contribution in [3.05, 3.63) is 18.0 Å². The number of nitrogen functional groups attached to an aromatic ring is 1. The molecule has 2 aliphatic heterocycles. The molecule has 3 aliphatic rings. The Hall–Kier alpha value is -2.87. The van der Waals surface area contributed by atoms with E-state index in [0.29, 0.717) is 39.4 Å². The number of likely N-dealkylation sites (tertiary alicyclic amines) is 1. The number of fused-ring (bicyclic) bond motifs is 1. The first-order valence-corrected chi connectivity index (χ1v) is 11.0. The average Bonchev–Trinajstić information content (AvgIpc) is 3.24. The molecule has 3 heterocycles. The number of morpholine rings is 1. The van der Waals surface area contributed by atoms with Gasteiger partial charge in [0.15, 0.2) is 0 Å². The summed E-state index contributed by atoms with van der Waals surface area (Å²) < 4.78 is 5.39. The number of carbonyl (C=O) groups is 3. The fraction of sp³-hybridized carbons (Fsp3) is 0.667. The summed E-state index contributed by atoms with van der Waals surface area (Å²) in [6.45, 7) is 6.06. The Morgan fingerprint density at radius 2 is 1.68 bits per heavy atom. The number of aliphatic hydroxyl groups is 1. The Labute approximate surface area is 197 Å². The topological polar surface area (TPSA) is 205 Å². The predicted octanol–water partition coefficient (Wildman–Crippen LogP) is -1.68. The molecule has 4 rings (SSSR count). The molecule has 0 radical (unpaired) electrons. The van der Waals surface area contributed by atoms with Crippen LogP contribution in [0.4, 0.5) is 5.95 Å². The highest BCUT2D eigenvalue weighted by Crippen LogP contribution is 2.44. The second-order valence-corrected chi connectivity index (χ2v) is 8.57. The second-order valence-electron chi connectivity index (χ2n) is 8.57. The van der Waals surface area contributed by atoms with E-state index in [9.17, 15) is 9.90 Å². The van der Waals surface area contributed by atoms with Crippen LogP contribution in [0.15, 0.2) is 12.4 Å². The maximum atomic E-state index is 13.3. The molecule has 2 saturated heterocycles. The molecule has 3 fully saturated rings. The Kier molecular flexibility index (Phi) is 10.6. The zero-order chi connectivity index (χ0) is 25.3. The minimum atomic E-state index is -0.596. The van der Waals surface area contributed by atoms with Crippen LogP contribution in [0.2, 0.25) is 0 Å². The number of amides is 1. The third-order valence-corrected chi connectivity index (χ3v) is 6.70. The van der Waals surface area contributed by atoms with Crippen molar-refractivity contribution in [2.75, 3.05) is 45.1 Å². The van der Waals surface area contributed by atoms with Gasteiger partial charge in [0.25, 0.3) is 12.9 Å². The van der Waals surface area contributed by atoms with Crippen molar-refractivity contribution < 1.29 is 34.4 Å². The molecule has 13 heteroatoms. The molecular formula is C21H34N6O7. The minimum Gasteiger partial charge on any atom is -0.483 e. The summed E-state index contributed by atoms with van der Waals surface area (Å²) in [7, 11) is 0. The summed E-state index contributed by atoms with van der Waals surface area (Å²) in [4.78, 5) is 42.3. The van der Waals surface area contributed by atoms with E-state index in [1.807, 2.05) is 11.8 Å². The molecule has 0 aromatic carbocycles. The van der Waals surface area contributed by atoms with Gasteiger partial charge in [-0.1, -0.05) is 6.92 Å². The second kappa shape index (κ2) is 13.1. The molecule has 0 bridgehead atoms. The molecule has 0 unspecified atom stereocenters. The summed E-state index contributed by atoms with van der Waals surface area (Å²) in [5.74, 6) is 0.266. The van der Waals surface area contributed by atoms with E-state index in [0.717, 1.165) is 12.1 Å². The normalized spacial score (nSPS) is 30.6. The lowest BCUT2D eigenvalue weighted by molar-refractivity contribution is -0.149. The van der Waals surface area contributed by atoms with E-state index in [4.69, 9.17) is 36.0 Å². The van der Waals surface area contributed by atoms with E-state index >= 15 is 0 Å². The van der Waals surface area contributed by atoms with E-state index < -0.39 is 12.1 Å². The highest BCUT2D eigenvalue weighted by Gasteiger charge is 2.54. The number of nitrogens with zero attached hydrogens (tertiary/aromatic N) is 4. The number of ether oxygens (including phenoxy) is 1. The highest BCUT2D eigenvalue weighted by atomic mass is 16.5. The number of carboxylic acid groups (broad SMARTS) is 2. The van der Waals surface area contributed by atoms with Gasteiger partial charge < -0.3 is 36.4 Å². The zero-order valence-corrected chi connectivity index (χ0v) is 19.1. The van der Waals surface area contributed by atoms with Gasteiger partial charge in [-0.3, -0.25) is 19.3 Å². The number of hydrogen-bond acceptors (Lipinski definition) is 10. The van der Waals surface area contributed by atoms with Crippen LogP contribution in [0.25, 0.3) is 0 Å². The van der Waals surface area contributed by atoms with Crippen LogP contribution in [-0.4, -0.2) is 105 Å². The van der Waals surface area contributed by atoms with Gasteiger partial charge in [0.2, 0.25) is 11.9 Å². The van der Waals surface area contributed by atoms with Gasteiger partial charge >= 0.3 is 0 Å². The van der Waals surface area contributed by atoms with Crippen molar-refractivity contribution in [1.82, 2.24) is 19.8 Å². The van der Waals surface area contributed by atoms with Crippen molar-refractivity contribution in [3.8, 4) is 0 Å². The van der Waals surface area contributed by atoms with Crippen molar-refractivity contribution in [1.29, 1.82) is 0 Å². The van der Waals surface area contributed by atoms with Gasteiger partial charge in [-0.25, -0.2) is 9.97 Å². The number of rotatable bonds is 3. The summed E-state index contributed by atoms with van der Waals surface area (Å²) in [6, 6.07) is -0.393. The number of aliphatic hydroxyl groups excluding tert-OH is 1. The standard InChI is InChI=1S/C19H30N6O3.2CH2O2/c1-11-15(18(27)25-2-4-28-5-3-25)13-9-24(10-14(13)17(26)16(11)20)8-12-6-22-19(21)23-7-12;2*2-1-3/h6-7,11,13-17,26H,2-5,8-10,20H2,1H3,(H2,21,22,23);2*1H,(H,2,3)/t11-,13+,14+,15+,16+,17+;;/m1../s1. The predicted molar refractivity (Wildman–Crippen MR) is 120 cm³/mol. The lowest BCUT2D eigenvalue weighted by atomic mass is 9.64. The van der Waals surface area contributed by atoms with Crippen LogP contribution in [0.5, 0.6) is 0 Å². The molecular weight excluding hydrogens is 448 g/mol. The summed E-state index contributed by atoms with van der Waals surface area (Å²) in [5.41, 5.74) is 12.9. The fourth-order valence-electron chi connectivity index (χ4n) is 5.14. The Bertz CT molecular complexity index is 786. The third kappa shape index (κ3) is 6.59. The molecule has 1 aromatic rings. The summed E-state index contributed by atoms with van der Waals surface area (Å²) in [5, 5.41) is 24.6. The van der Waals surface area contributed by atoms with E-state index in [-0.39, 0.29) is 48.5 Å². The third-order valence-electron chi connectivity index (χ3n) is 6.70. The number of hydrogen-bond donors (Lipinski definition) is 5. The van der Waals surface area contributed by atoms with Crippen molar-refractivity contribution >= 4 is 24.8 Å². The first-order valence-electron chi connectivity index (χ1n) is 11.0. The molecule has 1 aromatic heterocycles. The van der Waals surface area contributed by atoms with E-state index in [1.165, 1.54) is 0 Å². The SMILES string of the molecule is C[C@H]1[C@H](N)[C@@H](O)[C@H]2CN(Cc3cnc(N)nc3)C[C@@H]2[C@H]1C(=O)N1CCOCC1.O=CO.O=CO. The number of aromatic nitrogens is 2. The Morgan fingerprint density at radius 1 is 1.15 bits per heavy atom. The molecule has 190 valence electrons. The van der Waals surface area contributed by atoms with E-state index in [2.05, 4.69) is 14.9 Å². The maximum absolute atomic E-state index is 13.3.